The van der Waals surface area contributed by atoms with Gasteiger partial charge in [0.25, 0.3) is 5.91 Å². The molecule has 1 atom stereocenters. The van der Waals surface area contributed by atoms with Crippen LogP contribution < -0.4 is 10.1 Å². The number of aliphatic carboxylic acids is 1. The molecule has 110 valence electrons. The zero-order valence-corrected chi connectivity index (χ0v) is 11.2. The van der Waals surface area contributed by atoms with Crippen molar-refractivity contribution in [3.8, 4) is 5.75 Å². The third-order valence-electron chi connectivity index (χ3n) is 2.65. The summed E-state index contributed by atoms with van der Waals surface area (Å²) >= 11 is 0. The second-order valence-corrected chi connectivity index (χ2v) is 4.35. The molecule has 0 saturated carbocycles. The average molecular weight is 287 g/mol. The minimum absolute atomic E-state index is 0.0165. The van der Waals surface area contributed by atoms with E-state index in [1.54, 1.807) is 0 Å². The maximum atomic E-state index is 12.2. The van der Waals surface area contributed by atoms with Gasteiger partial charge in [0.05, 0.1) is 0 Å². The lowest BCUT2D eigenvalue weighted by atomic mass is 10.0. The molecule has 0 fully saturated rings. The van der Waals surface area contributed by atoms with Crippen molar-refractivity contribution in [3.63, 3.8) is 0 Å². The Hall–Kier alpha value is -2.18. The Bertz CT molecular complexity index is 508. The van der Waals surface area contributed by atoms with Gasteiger partial charge in [0, 0.05) is 5.56 Å². The number of benzene rings is 1. The van der Waals surface area contributed by atoms with Crippen LogP contribution in [0.1, 0.15) is 28.4 Å². The van der Waals surface area contributed by atoms with Gasteiger partial charge in [-0.05, 0) is 44.0 Å². The van der Waals surface area contributed by atoms with Crippen molar-refractivity contribution in [2.45, 2.75) is 33.4 Å². The molecule has 20 heavy (non-hydrogen) atoms. The molecule has 0 aliphatic rings. The third-order valence-corrected chi connectivity index (χ3v) is 2.65. The van der Waals surface area contributed by atoms with Crippen LogP contribution in [0.5, 0.6) is 5.75 Å². The third kappa shape index (κ3) is 3.91. The highest BCUT2D eigenvalue weighted by Gasteiger charge is 2.18. The molecule has 0 aliphatic carbocycles. The number of aryl methyl sites for hydroxylation is 2. The van der Waals surface area contributed by atoms with E-state index in [-0.39, 0.29) is 11.3 Å². The summed E-state index contributed by atoms with van der Waals surface area (Å²) in [5, 5.41) is 11.0. The Labute approximate surface area is 114 Å². The van der Waals surface area contributed by atoms with Gasteiger partial charge in [0.15, 0.2) is 0 Å². The van der Waals surface area contributed by atoms with E-state index in [0.717, 1.165) is 0 Å². The van der Waals surface area contributed by atoms with E-state index in [4.69, 9.17) is 5.11 Å². The van der Waals surface area contributed by atoms with Crippen LogP contribution >= 0.6 is 0 Å². The fraction of sp³-hybridized carbons (Fsp3) is 0.385. The molecule has 0 unspecified atom stereocenters. The van der Waals surface area contributed by atoms with Crippen molar-refractivity contribution in [1.29, 1.82) is 0 Å². The van der Waals surface area contributed by atoms with Crippen LogP contribution in [0.4, 0.5) is 8.78 Å². The number of carbonyl (C=O) groups is 2. The molecular weight excluding hydrogens is 272 g/mol. The summed E-state index contributed by atoms with van der Waals surface area (Å²) in [4.78, 5) is 22.5. The molecule has 1 aromatic carbocycles. The van der Waals surface area contributed by atoms with Gasteiger partial charge in [0.1, 0.15) is 11.8 Å². The lowest BCUT2D eigenvalue weighted by Crippen LogP contribution is -2.38. The van der Waals surface area contributed by atoms with Crippen LogP contribution in [0.2, 0.25) is 0 Å². The smallest absolute Gasteiger partial charge is 0.387 e. The minimum Gasteiger partial charge on any atom is -0.480 e. The van der Waals surface area contributed by atoms with E-state index in [1.807, 2.05) is 0 Å². The number of amides is 1. The summed E-state index contributed by atoms with van der Waals surface area (Å²) in [5.74, 6) is -1.73. The second-order valence-electron chi connectivity index (χ2n) is 4.35. The standard InChI is InChI=1S/C13H15F2NO4/c1-6-4-9(11(17)16-8(3)12(18)19)5-7(2)10(6)20-13(14)15/h4-5,8,13H,1-3H3,(H,16,17)(H,18,19)/t8-/m0/s1. The summed E-state index contributed by atoms with van der Waals surface area (Å²) in [7, 11) is 0. The molecule has 0 aromatic heterocycles. The molecule has 0 aliphatic heterocycles. The molecule has 0 spiro atoms. The Morgan fingerprint density at radius 1 is 1.25 bits per heavy atom. The lowest BCUT2D eigenvalue weighted by molar-refractivity contribution is -0.138. The summed E-state index contributed by atoms with van der Waals surface area (Å²) in [5.41, 5.74) is 0.937. The second kappa shape index (κ2) is 6.31. The van der Waals surface area contributed by atoms with Crippen molar-refractivity contribution in [2.75, 3.05) is 0 Å². The van der Waals surface area contributed by atoms with Crippen LogP contribution in [0, 0.1) is 13.8 Å². The Morgan fingerprint density at radius 3 is 2.15 bits per heavy atom. The molecule has 7 heteroatoms. The maximum Gasteiger partial charge on any atom is 0.387 e. The highest BCUT2D eigenvalue weighted by molar-refractivity contribution is 5.97. The zero-order valence-electron chi connectivity index (χ0n) is 11.2. The van der Waals surface area contributed by atoms with E-state index < -0.39 is 24.5 Å². The van der Waals surface area contributed by atoms with Crippen molar-refractivity contribution in [3.05, 3.63) is 28.8 Å². The van der Waals surface area contributed by atoms with E-state index in [0.29, 0.717) is 11.1 Å². The number of hydrogen-bond acceptors (Lipinski definition) is 3. The summed E-state index contributed by atoms with van der Waals surface area (Å²) in [6.07, 6.45) is 0. The molecular formula is C13H15F2NO4. The molecule has 1 aromatic rings. The molecule has 1 amide bonds. The van der Waals surface area contributed by atoms with E-state index in [1.165, 1.54) is 32.9 Å². The van der Waals surface area contributed by atoms with Gasteiger partial charge < -0.3 is 15.2 Å². The maximum absolute atomic E-state index is 12.2. The van der Waals surface area contributed by atoms with Crippen LogP contribution in [0.3, 0.4) is 0 Å². The number of nitrogens with one attached hydrogen (secondary N) is 1. The lowest BCUT2D eigenvalue weighted by Gasteiger charge is -2.14. The summed E-state index contributed by atoms with van der Waals surface area (Å²) < 4.78 is 28.8. The van der Waals surface area contributed by atoms with Crippen molar-refractivity contribution < 1.29 is 28.2 Å². The summed E-state index contributed by atoms with van der Waals surface area (Å²) in [6, 6.07) is 1.70. The average Bonchev–Trinajstić information content (AvgIpc) is 2.32. The fourth-order valence-corrected chi connectivity index (χ4v) is 1.70. The van der Waals surface area contributed by atoms with Crippen LogP contribution in [-0.2, 0) is 4.79 Å². The van der Waals surface area contributed by atoms with E-state index >= 15 is 0 Å². The van der Waals surface area contributed by atoms with Gasteiger partial charge in [-0.3, -0.25) is 9.59 Å². The number of hydrogen-bond donors (Lipinski definition) is 2. The van der Waals surface area contributed by atoms with E-state index in [2.05, 4.69) is 10.1 Å². The summed E-state index contributed by atoms with van der Waals surface area (Å²) in [6.45, 7) is 1.44. The molecule has 5 nitrogen and oxygen atoms in total. The van der Waals surface area contributed by atoms with Crippen molar-refractivity contribution in [2.24, 2.45) is 0 Å². The van der Waals surface area contributed by atoms with Gasteiger partial charge in [-0.1, -0.05) is 0 Å². The minimum atomic E-state index is -2.95. The monoisotopic (exact) mass is 287 g/mol. The Kier molecular flexibility index (Phi) is 5.01. The number of rotatable bonds is 5. The Balaban J connectivity index is 2.98. The van der Waals surface area contributed by atoms with Crippen LogP contribution in [0.25, 0.3) is 0 Å². The normalized spacial score (nSPS) is 12.1. The first kappa shape index (κ1) is 15.9. The van der Waals surface area contributed by atoms with Crippen molar-refractivity contribution >= 4 is 11.9 Å². The zero-order chi connectivity index (χ0) is 15.4. The van der Waals surface area contributed by atoms with Gasteiger partial charge in [0.2, 0.25) is 0 Å². The van der Waals surface area contributed by atoms with Gasteiger partial charge in [-0.25, -0.2) is 0 Å². The number of carbonyl (C=O) groups excluding carboxylic acids is 1. The molecule has 2 N–H and O–H groups in total. The fourth-order valence-electron chi connectivity index (χ4n) is 1.70. The first-order valence-corrected chi connectivity index (χ1v) is 5.82. The number of halogens is 2. The highest BCUT2D eigenvalue weighted by Crippen LogP contribution is 2.26. The molecule has 1 rings (SSSR count). The molecule has 0 saturated heterocycles. The van der Waals surface area contributed by atoms with Gasteiger partial charge in [-0.15, -0.1) is 0 Å². The molecule has 0 radical (unpaired) electrons. The first-order valence-electron chi connectivity index (χ1n) is 5.82. The molecule has 0 bridgehead atoms. The number of carboxylic acid groups (broad SMARTS) is 1. The SMILES string of the molecule is Cc1cc(C(=O)N[C@@H](C)C(=O)O)cc(C)c1OC(F)F. The van der Waals surface area contributed by atoms with Gasteiger partial charge in [-0.2, -0.15) is 8.78 Å². The quantitative estimate of drug-likeness (QED) is 0.869. The predicted molar refractivity (Wildman–Crippen MR) is 67.1 cm³/mol. The van der Waals surface area contributed by atoms with Crippen LogP contribution in [0.15, 0.2) is 12.1 Å². The number of ether oxygens (including phenoxy) is 1. The van der Waals surface area contributed by atoms with E-state index in [9.17, 15) is 18.4 Å². The predicted octanol–water partition coefficient (Wildman–Crippen LogP) is 2.11. The molecule has 0 heterocycles. The first-order chi connectivity index (χ1) is 9.22. The number of carboxylic acids is 1. The van der Waals surface area contributed by atoms with Crippen molar-refractivity contribution in [1.82, 2.24) is 5.32 Å². The Morgan fingerprint density at radius 2 is 1.75 bits per heavy atom. The van der Waals surface area contributed by atoms with Gasteiger partial charge >= 0.3 is 12.6 Å². The largest absolute Gasteiger partial charge is 0.480 e. The van der Waals surface area contributed by atoms with Crippen LogP contribution in [-0.4, -0.2) is 29.6 Å². The highest BCUT2D eigenvalue weighted by atomic mass is 19.3. The number of alkyl halides is 2. The topological polar surface area (TPSA) is 75.6 Å².